The van der Waals surface area contributed by atoms with Gasteiger partial charge in [-0.05, 0) is 93.7 Å². The summed E-state index contributed by atoms with van der Waals surface area (Å²) in [6.45, 7) is 12.5. The number of carboxylic acid groups (broad SMARTS) is 1. The van der Waals surface area contributed by atoms with Gasteiger partial charge in [-0.15, -0.1) is 24.2 Å². The van der Waals surface area contributed by atoms with Crippen LogP contribution in [-0.4, -0.2) is 51.8 Å². The Morgan fingerprint density at radius 1 is 0.837 bits per heavy atom. The Morgan fingerprint density at radius 2 is 1.45 bits per heavy atom. The summed E-state index contributed by atoms with van der Waals surface area (Å²) in [5.74, 6) is 9.33. The van der Waals surface area contributed by atoms with Gasteiger partial charge in [0.15, 0.2) is 6.29 Å². The molecular formula is C42H78BrIO4S. The van der Waals surface area contributed by atoms with Crippen molar-refractivity contribution in [2.24, 2.45) is 0 Å². The van der Waals surface area contributed by atoms with Crippen LogP contribution in [-0.2, 0) is 14.3 Å². The zero-order valence-electron chi connectivity index (χ0n) is 32.7. The van der Waals surface area contributed by atoms with E-state index in [1.807, 2.05) is 0 Å². The summed E-state index contributed by atoms with van der Waals surface area (Å²) in [6, 6.07) is 0. The molecule has 1 aliphatic heterocycles. The van der Waals surface area contributed by atoms with E-state index in [9.17, 15) is 4.79 Å². The Kier molecular flexibility index (Phi) is 64.8. The second kappa shape index (κ2) is 57.2. The molecule has 0 amide bonds. The quantitative estimate of drug-likeness (QED) is 0.0344. The predicted octanol–water partition coefficient (Wildman–Crippen LogP) is 14.2. The van der Waals surface area contributed by atoms with Crippen LogP contribution >= 0.6 is 50.3 Å². The molecule has 1 N–H and O–H groups in total. The number of carboxylic acids is 1. The lowest BCUT2D eigenvalue weighted by Gasteiger charge is -2.22. The number of terminal acetylenes is 1. The van der Waals surface area contributed by atoms with Gasteiger partial charge in [0.25, 0.3) is 0 Å². The van der Waals surface area contributed by atoms with Gasteiger partial charge in [0.2, 0.25) is 0 Å². The number of alkyl halides is 2. The minimum Gasteiger partial charge on any atom is -0.481 e. The lowest BCUT2D eigenvalue weighted by Crippen LogP contribution is -2.22. The summed E-state index contributed by atoms with van der Waals surface area (Å²) in [5.41, 5.74) is 0. The van der Waals surface area contributed by atoms with E-state index in [0.29, 0.717) is 0 Å². The van der Waals surface area contributed by atoms with Gasteiger partial charge in [-0.3, -0.25) is 4.79 Å². The van der Waals surface area contributed by atoms with Gasteiger partial charge in [-0.2, -0.15) is 11.8 Å². The smallest absolute Gasteiger partial charge is 0.313 e. The molecule has 1 aliphatic rings. The molecule has 1 saturated heterocycles. The Bertz CT molecular complexity index is 716. The Labute approximate surface area is 332 Å². The molecule has 0 bridgehead atoms. The largest absolute Gasteiger partial charge is 0.481 e. The maximum Gasteiger partial charge on any atom is 0.313 e. The first kappa shape index (κ1) is 55.6. The number of carbonyl (C=O) groups is 1. The highest BCUT2D eigenvalue weighted by molar-refractivity contribution is 14.1. The van der Waals surface area contributed by atoms with Crippen molar-refractivity contribution >= 4 is 56.3 Å². The minimum absolute atomic E-state index is 0.0577. The third-order valence-electron chi connectivity index (χ3n) is 6.78. The Balaban J connectivity index is -0.000000296. The van der Waals surface area contributed by atoms with Gasteiger partial charge >= 0.3 is 5.97 Å². The van der Waals surface area contributed by atoms with Crippen LogP contribution in [0.1, 0.15) is 182 Å². The number of ether oxygens (including phenoxy) is 2. The second-order valence-corrected chi connectivity index (χ2v) is 14.9. The van der Waals surface area contributed by atoms with E-state index in [2.05, 4.69) is 103 Å². The molecular weight excluding hydrogens is 807 g/mol. The SMILES string of the molecule is C#CCCC.CCCC#CCCCOC1CCCCO1.CCCCBr.CCCCCCC/C=C\CCCCCSCC(=O)O.CCCCI. The molecule has 4 nitrogen and oxygen atoms in total. The van der Waals surface area contributed by atoms with Crippen molar-refractivity contribution in [3.63, 3.8) is 0 Å². The fraction of sp³-hybridized carbons (Fsp3) is 0.833. The molecule has 1 rings (SSSR count). The molecule has 0 aromatic rings. The third kappa shape index (κ3) is 66.6. The summed E-state index contributed by atoms with van der Waals surface area (Å²) in [4.78, 5) is 10.3. The van der Waals surface area contributed by atoms with Crippen molar-refractivity contribution in [2.45, 2.75) is 189 Å². The van der Waals surface area contributed by atoms with Gasteiger partial charge in [0.05, 0.1) is 12.4 Å². The molecule has 1 heterocycles. The van der Waals surface area contributed by atoms with E-state index in [0.717, 1.165) is 75.7 Å². The number of allylic oxidation sites excluding steroid dienone is 2. The number of hydrogen-bond donors (Lipinski definition) is 1. The number of halogens is 2. The predicted molar refractivity (Wildman–Crippen MR) is 234 cm³/mol. The summed E-state index contributed by atoms with van der Waals surface area (Å²) >= 11 is 7.22. The lowest BCUT2D eigenvalue weighted by molar-refractivity contribution is -0.162. The van der Waals surface area contributed by atoms with Gasteiger partial charge < -0.3 is 14.6 Å². The minimum atomic E-state index is -0.702. The first-order valence-corrected chi connectivity index (χ1v) is 23.4. The summed E-state index contributed by atoms with van der Waals surface area (Å²) < 4.78 is 12.4. The van der Waals surface area contributed by atoms with E-state index in [4.69, 9.17) is 21.0 Å². The fourth-order valence-electron chi connectivity index (χ4n) is 3.84. The van der Waals surface area contributed by atoms with E-state index >= 15 is 0 Å². The Hall–Kier alpha value is -0.190. The zero-order chi connectivity index (χ0) is 37.3. The van der Waals surface area contributed by atoms with Crippen LogP contribution in [0.25, 0.3) is 0 Å². The third-order valence-corrected chi connectivity index (χ3v) is 9.13. The topological polar surface area (TPSA) is 55.8 Å². The Morgan fingerprint density at radius 3 is 1.90 bits per heavy atom. The molecule has 0 aromatic carbocycles. The summed E-state index contributed by atoms with van der Waals surface area (Å²) in [5, 5.41) is 9.63. The van der Waals surface area contributed by atoms with E-state index in [1.54, 1.807) is 0 Å². The van der Waals surface area contributed by atoms with Crippen molar-refractivity contribution in [1.29, 1.82) is 0 Å². The normalized spacial score (nSPS) is 13.1. The van der Waals surface area contributed by atoms with Crippen molar-refractivity contribution in [3.05, 3.63) is 12.2 Å². The highest BCUT2D eigenvalue weighted by Gasteiger charge is 2.12. The number of unbranched alkanes of at least 4 members (excludes halogenated alkanes) is 13. The molecule has 290 valence electrons. The van der Waals surface area contributed by atoms with Gasteiger partial charge in [0.1, 0.15) is 0 Å². The molecule has 0 spiro atoms. The number of hydrogen-bond acceptors (Lipinski definition) is 4. The highest BCUT2D eigenvalue weighted by atomic mass is 127. The van der Waals surface area contributed by atoms with E-state index in [-0.39, 0.29) is 12.0 Å². The number of aliphatic carboxylic acids is 1. The molecule has 0 aromatic heterocycles. The van der Waals surface area contributed by atoms with Crippen molar-refractivity contribution < 1.29 is 19.4 Å². The fourth-order valence-corrected chi connectivity index (χ4v) is 5.89. The summed E-state index contributed by atoms with van der Waals surface area (Å²) in [6.07, 6.45) is 37.3. The first-order chi connectivity index (χ1) is 23.9. The molecule has 0 saturated carbocycles. The molecule has 1 unspecified atom stereocenters. The molecule has 49 heavy (non-hydrogen) atoms. The average Bonchev–Trinajstić information content (AvgIpc) is 3.10. The maximum atomic E-state index is 10.3. The molecule has 0 radical (unpaired) electrons. The van der Waals surface area contributed by atoms with E-state index < -0.39 is 5.97 Å². The van der Waals surface area contributed by atoms with Crippen LogP contribution in [0.2, 0.25) is 0 Å². The van der Waals surface area contributed by atoms with Gasteiger partial charge in [-0.25, -0.2) is 0 Å². The van der Waals surface area contributed by atoms with Crippen LogP contribution in [0.5, 0.6) is 0 Å². The van der Waals surface area contributed by atoms with Gasteiger partial charge in [0, 0.05) is 31.2 Å². The molecule has 7 heteroatoms. The highest BCUT2D eigenvalue weighted by Crippen LogP contribution is 2.14. The van der Waals surface area contributed by atoms with Crippen LogP contribution in [0, 0.1) is 24.2 Å². The lowest BCUT2D eigenvalue weighted by atomic mass is 10.1. The number of thioether (sulfide) groups is 1. The maximum absolute atomic E-state index is 10.3. The van der Waals surface area contributed by atoms with Crippen molar-refractivity contribution in [2.75, 3.05) is 34.5 Å². The summed E-state index contributed by atoms with van der Waals surface area (Å²) in [7, 11) is 0. The molecule has 1 atom stereocenters. The van der Waals surface area contributed by atoms with Crippen LogP contribution < -0.4 is 0 Å². The van der Waals surface area contributed by atoms with Crippen LogP contribution in [0.3, 0.4) is 0 Å². The monoisotopic (exact) mass is 884 g/mol. The molecule has 0 aliphatic carbocycles. The second-order valence-electron chi connectivity index (χ2n) is 11.9. The van der Waals surface area contributed by atoms with E-state index in [1.165, 1.54) is 113 Å². The zero-order valence-corrected chi connectivity index (χ0v) is 37.2. The van der Waals surface area contributed by atoms with Crippen LogP contribution in [0.4, 0.5) is 0 Å². The number of rotatable bonds is 24. The standard InChI is InChI=1S/C16H30O2S.C13H22O2.C5H8.C4H9Br.C4H9I/c1-2-3-4-5-6-7-8-9-10-11-12-13-14-19-15-16(17)18;1-2-3-4-5-6-8-11-14-13-10-7-9-12-15-13;1-3-5-4-2;2*1-2-3-4-5/h8-9H,2-7,10-15H2,1H3,(H,17,18);13H,2-3,6-12H2,1H3;1H,4-5H2,2H3;2*2-4H2,1H3/b9-8-;;;;. The average molecular weight is 886 g/mol. The van der Waals surface area contributed by atoms with Crippen molar-refractivity contribution in [1.82, 2.24) is 0 Å². The van der Waals surface area contributed by atoms with Gasteiger partial charge in [-0.1, -0.05) is 130 Å². The first-order valence-electron chi connectivity index (χ1n) is 19.6. The van der Waals surface area contributed by atoms with Crippen LogP contribution in [0.15, 0.2) is 12.2 Å². The van der Waals surface area contributed by atoms with Crippen molar-refractivity contribution in [3.8, 4) is 24.2 Å². The molecule has 1 fully saturated rings.